The van der Waals surface area contributed by atoms with Crippen LogP contribution in [-0.4, -0.2) is 68.4 Å². The molecule has 0 saturated carbocycles. The summed E-state index contributed by atoms with van der Waals surface area (Å²) >= 11 is 0. The average molecular weight is 602 g/mol. The number of hydrogen-bond acceptors (Lipinski definition) is 7. The van der Waals surface area contributed by atoms with E-state index in [-0.39, 0.29) is 18.5 Å². The van der Waals surface area contributed by atoms with E-state index in [1.807, 2.05) is 36.4 Å². The van der Waals surface area contributed by atoms with Gasteiger partial charge in [0.1, 0.15) is 18.3 Å². The monoisotopic (exact) mass is 601 g/mol. The van der Waals surface area contributed by atoms with Crippen LogP contribution in [0.1, 0.15) is 81.4 Å². The minimum absolute atomic E-state index is 0.00113. The van der Waals surface area contributed by atoms with Crippen molar-refractivity contribution in [3.63, 3.8) is 0 Å². The summed E-state index contributed by atoms with van der Waals surface area (Å²) in [7, 11) is -2.98. The van der Waals surface area contributed by atoms with E-state index in [2.05, 4.69) is 52.0 Å². The van der Waals surface area contributed by atoms with E-state index in [1.165, 1.54) is 19.3 Å². The van der Waals surface area contributed by atoms with Gasteiger partial charge in [0, 0.05) is 7.98 Å². The molecule has 6 atom stereocenters. The summed E-state index contributed by atoms with van der Waals surface area (Å²) in [4.78, 5) is 12.8. The van der Waals surface area contributed by atoms with Crippen molar-refractivity contribution in [1.29, 1.82) is 0 Å². The Morgan fingerprint density at radius 3 is 2.07 bits per heavy atom. The molecule has 0 amide bonds. The fourth-order valence-corrected chi connectivity index (χ4v) is 10.2. The van der Waals surface area contributed by atoms with Crippen molar-refractivity contribution in [3.8, 4) is 0 Å². The molecule has 2 N–H and O–H groups in total. The van der Waals surface area contributed by atoms with Crippen molar-refractivity contribution in [2.24, 2.45) is 5.92 Å². The zero-order chi connectivity index (χ0) is 31.5. The Morgan fingerprint density at radius 1 is 0.952 bits per heavy atom. The molecule has 1 saturated heterocycles. The highest BCUT2D eigenvalue weighted by Crippen LogP contribution is 2.37. The van der Waals surface area contributed by atoms with Crippen molar-refractivity contribution in [1.82, 2.24) is 0 Å². The van der Waals surface area contributed by atoms with E-state index in [0.29, 0.717) is 6.61 Å². The molecule has 0 bridgehead atoms. The van der Waals surface area contributed by atoms with E-state index in [9.17, 15) is 15.0 Å². The summed E-state index contributed by atoms with van der Waals surface area (Å²) in [6, 6.07) is 20.3. The van der Waals surface area contributed by atoms with Crippen molar-refractivity contribution >= 4 is 24.7 Å². The van der Waals surface area contributed by atoms with Crippen LogP contribution < -0.4 is 10.4 Å². The van der Waals surface area contributed by atoms with E-state index >= 15 is 0 Å². The number of esters is 1. The van der Waals surface area contributed by atoms with Crippen molar-refractivity contribution in [2.45, 2.75) is 116 Å². The molecule has 8 heteroatoms. The smallest absolute Gasteiger partial charge is 0.308 e. The first-order valence-electron chi connectivity index (χ1n) is 16.2. The third-order valence-electron chi connectivity index (χ3n) is 7.96. The van der Waals surface area contributed by atoms with Crippen LogP contribution >= 0.6 is 0 Å². The van der Waals surface area contributed by atoms with Crippen LogP contribution in [0, 0.1) is 5.92 Å². The second kappa shape index (κ2) is 16.1. The number of unbranched alkanes of at least 4 members (excludes halogenated alkanes) is 5. The molecular weight excluding hydrogens is 548 g/mol. The van der Waals surface area contributed by atoms with Crippen LogP contribution in [0.25, 0.3) is 0 Å². The molecular formula is C34H52O7Si. The van der Waals surface area contributed by atoms with Gasteiger partial charge in [-0.05, 0) is 21.8 Å². The van der Waals surface area contributed by atoms with Crippen LogP contribution in [0.3, 0.4) is 0 Å². The minimum Gasteiger partial charge on any atom is -0.456 e. The van der Waals surface area contributed by atoms with Crippen molar-refractivity contribution < 1.29 is 35.0 Å². The van der Waals surface area contributed by atoms with Crippen molar-refractivity contribution in [3.05, 3.63) is 60.7 Å². The summed E-state index contributed by atoms with van der Waals surface area (Å²) in [5.74, 6) is -1.32. The summed E-state index contributed by atoms with van der Waals surface area (Å²) in [6.45, 7) is 10.5. The lowest BCUT2D eigenvalue weighted by atomic mass is 9.98. The number of hydrogen-bond donors (Lipinski definition) is 2. The van der Waals surface area contributed by atoms with Gasteiger partial charge in [0.15, 0.2) is 12.4 Å². The van der Waals surface area contributed by atoms with Gasteiger partial charge in [-0.1, -0.05) is 134 Å². The van der Waals surface area contributed by atoms with Gasteiger partial charge in [0.2, 0.25) is 0 Å². The second-order valence-corrected chi connectivity index (χ2v) is 16.7. The first-order chi connectivity index (χ1) is 20.6. The van der Waals surface area contributed by atoms with Gasteiger partial charge in [0.25, 0.3) is 8.32 Å². The lowest BCUT2D eigenvalue weighted by Crippen LogP contribution is -2.68. The molecule has 7 nitrogen and oxygen atoms in total. The van der Waals surface area contributed by atoms with Gasteiger partial charge in [-0.2, -0.15) is 0 Å². The molecule has 0 radical (unpaired) electrons. The standard InChI is InChI=1S/C34H52O7Si/c1-7-8-9-10-11-18-23-38-33-30(36)29(35)31(41-32(37)25(2)3)28(40-33)24-39-42(34(4,5)6,26-19-14-12-15-20-26)27-21-16-13-17-22-27/h12-17,19-22,25,28-31,33,35-36H,7-11,18,23-24H2,1-6H3/t28-,29-,30-,31-,33?/m1/s1/i2D/t25?,28-,29-,30-,31-,33?. The molecule has 3 rings (SSSR count). The largest absolute Gasteiger partial charge is 0.456 e. The van der Waals surface area contributed by atoms with Crippen LogP contribution in [0.5, 0.6) is 0 Å². The van der Waals surface area contributed by atoms with Gasteiger partial charge < -0.3 is 28.8 Å². The Balaban J connectivity index is 1.89. The Labute approximate surface area is 255 Å². The lowest BCUT2D eigenvalue weighted by Gasteiger charge is -2.46. The van der Waals surface area contributed by atoms with Crippen molar-refractivity contribution in [2.75, 3.05) is 13.2 Å². The fraction of sp³-hybridized carbons (Fsp3) is 0.618. The fourth-order valence-electron chi connectivity index (χ4n) is 5.62. The summed E-state index contributed by atoms with van der Waals surface area (Å²) in [6.07, 6.45) is 0.474. The minimum atomic E-state index is -2.98. The van der Waals surface area contributed by atoms with Crippen LogP contribution in [-0.2, 0) is 23.4 Å². The highest BCUT2D eigenvalue weighted by Gasteiger charge is 2.53. The SMILES string of the molecule is [2H]CC(C)C(=O)O[C@H]1[C@H](O)[C@@H](O)C(OCCCCCCCC)O[C@@H]1CO[Si](c1ccccc1)(c1ccccc1)C(C)(C)C. The summed E-state index contributed by atoms with van der Waals surface area (Å²) < 4.78 is 32.6. The summed E-state index contributed by atoms with van der Waals surface area (Å²) in [5, 5.41) is 24.0. The van der Waals surface area contributed by atoms with E-state index < -0.39 is 50.9 Å². The number of carbonyl (C=O) groups is 1. The Kier molecular flexibility index (Phi) is 12.6. The normalized spacial score (nSPS) is 24.2. The molecule has 0 aromatic heterocycles. The van der Waals surface area contributed by atoms with Gasteiger partial charge in [-0.15, -0.1) is 0 Å². The highest BCUT2D eigenvalue weighted by atomic mass is 28.4. The maximum atomic E-state index is 12.8. The number of aliphatic hydroxyl groups is 2. The van der Waals surface area contributed by atoms with E-state index in [4.69, 9.17) is 20.0 Å². The predicted octanol–water partition coefficient (Wildman–Crippen LogP) is 4.95. The van der Waals surface area contributed by atoms with Crippen LogP contribution in [0.2, 0.25) is 5.04 Å². The lowest BCUT2D eigenvalue weighted by molar-refractivity contribution is -0.303. The molecule has 0 spiro atoms. The number of rotatable bonds is 15. The quantitative estimate of drug-likeness (QED) is 0.169. The zero-order valence-corrected chi connectivity index (χ0v) is 27.0. The molecule has 234 valence electrons. The Morgan fingerprint density at radius 2 is 1.52 bits per heavy atom. The van der Waals surface area contributed by atoms with Gasteiger partial charge in [0.05, 0.1) is 12.5 Å². The maximum absolute atomic E-state index is 12.8. The molecule has 2 aromatic rings. The molecule has 1 fully saturated rings. The number of ether oxygens (including phenoxy) is 3. The molecule has 1 aliphatic heterocycles. The van der Waals surface area contributed by atoms with Gasteiger partial charge in [-0.25, -0.2) is 0 Å². The number of carbonyl (C=O) groups excluding carboxylic acids is 1. The average Bonchev–Trinajstić information content (AvgIpc) is 3.00. The van der Waals surface area contributed by atoms with Crippen LogP contribution in [0.15, 0.2) is 60.7 Å². The Hall–Kier alpha value is -2.07. The first kappa shape index (κ1) is 32.8. The third kappa shape index (κ3) is 8.52. The maximum Gasteiger partial charge on any atom is 0.308 e. The molecule has 1 aliphatic rings. The molecule has 2 unspecified atom stereocenters. The third-order valence-corrected chi connectivity index (χ3v) is 13.0. The van der Waals surface area contributed by atoms with E-state index in [0.717, 1.165) is 29.6 Å². The molecule has 42 heavy (non-hydrogen) atoms. The number of benzene rings is 2. The molecule has 1 heterocycles. The highest BCUT2D eigenvalue weighted by molar-refractivity contribution is 6.99. The number of aliphatic hydroxyl groups excluding tert-OH is 2. The van der Waals surface area contributed by atoms with Gasteiger partial charge >= 0.3 is 5.97 Å². The first-order valence-corrected chi connectivity index (χ1v) is 17.4. The predicted molar refractivity (Wildman–Crippen MR) is 168 cm³/mol. The zero-order valence-electron chi connectivity index (χ0n) is 27.0. The second-order valence-electron chi connectivity index (χ2n) is 12.4. The summed E-state index contributed by atoms with van der Waals surface area (Å²) in [5.41, 5.74) is 0. The Bertz CT molecular complexity index is 1040. The molecule has 0 aliphatic carbocycles. The topological polar surface area (TPSA) is 94.5 Å². The van der Waals surface area contributed by atoms with Crippen LogP contribution in [0.4, 0.5) is 0 Å². The van der Waals surface area contributed by atoms with E-state index in [1.54, 1.807) is 6.92 Å². The molecule has 2 aromatic carbocycles. The van der Waals surface area contributed by atoms with Gasteiger partial charge in [-0.3, -0.25) is 4.79 Å².